The van der Waals surface area contributed by atoms with Gasteiger partial charge in [0, 0.05) is 11.8 Å². The van der Waals surface area contributed by atoms with E-state index in [1.165, 1.54) is 18.6 Å². The SMILES string of the molecule is COc1cccc2c1nc(N)n2CC1CCCS1. The summed E-state index contributed by atoms with van der Waals surface area (Å²) in [5, 5.41) is 0.663. The first-order chi connectivity index (χ1) is 8.79. The number of thioether (sulfide) groups is 1. The molecule has 0 spiro atoms. The zero-order valence-corrected chi connectivity index (χ0v) is 11.2. The second kappa shape index (κ2) is 4.72. The highest BCUT2D eigenvalue weighted by Crippen LogP contribution is 2.31. The van der Waals surface area contributed by atoms with Gasteiger partial charge in [-0.3, -0.25) is 0 Å². The Morgan fingerprint density at radius 1 is 1.56 bits per heavy atom. The Hall–Kier alpha value is -1.36. The number of ether oxygens (including phenoxy) is 1. The van der Waals surface area contributed by atoms with Gasteiger partial charge in [-0.25, -0.2) is 4.98 Å². The van der Waals surface area contributed by atoms with Crippen molar-refractivity contribution in [3.63, 3.8) is 0 Å². The van der Waals surface area contributed by atoms with Gasteiger partial charge in [-0.1, -0.05) is 6.07 Å². The third-order valence-electron chi connectivity index (χ3n) is 3.40. The van der Waals surface area contributed by atoms with Crippen LogP contribution in [0.1, 0.15) is 12.8 Å². The number of nitrogens with two attached hydrogens (primary N) is 1. The van der Waals surface area contributed by atoms with Crippen molar-refractivity contribution in [1.82, 2.24) is 9.55 Å². The molecule has 0 saturated carbocycles. The molecule has 1 fully saturated rings. The van der Waals surface area contributed by atoms with E-state index in [0.29, 0.717) is 11.2 Å². The summed E-state index contributed by atoms with van der Waals surface area (Å²) >= 11 is 2.03. The predicted molar refractivity (Wildman–Crippen MR) is 76.2 cm³/mol. The van der Waals surface area contributed by atoms with E-state index >= 15 is 0 Å². The van der Waals surface area contributed by atoms with Crippen molar-refractivity contribution in [1.29, 1.82) is 0 Å². The van der Waals surface area contributed by atoms with Gasteiger partial charge in [-0.2, -0.15) is 11.8 Å². The Labute approximate surface area is 111 Å². The lowest BCUT2D eigenvalue weighted by atomic mass is 10.2. The fraction of sp³-hybridized carbons (Fsp3) is 0.462. The number of methoxy groups -OCH3 is 1. The lowest BCUT2D eigenvalue weighted by Crippen LogP contribution is -2.12. The van der Waals surface area contributed by atoms with Crippen molar-refractivity contribution in [2.24, 2.45) is 0 Å². The number of nitrogens with zero attached hydrogens (tertiary/aromatic N) is 2. The minimum absolute atomic E-state index is 0.585. The molecule has 1 atom stereocenters. The largest absolute Gasteiger partial charge is 0.494 e. The molecule has 2 aromatic rings. The van der Waals surface area contributed by atoms with E-state index in [9.17, 15) is 0 Å². The number of hydrogen-bond donors (Lipinski definition) is 1. The van der Waals surface area contributed by atoms with Crippen molar-refractivity contribution < 1.29 is 4.74 Å². The third kappa shape index (κ3) is 1.92. The van der Waals surface area contributed by atoms with E-state index in [1.54, 1.807) is 7.11 Å². The van der Waals surface area contributed by atoms with Crippen molar-refractivity contribution >= 4 is 28.7 Å². The molecule has 1 aromatic carbocycles. The van der Waals surface area contributed by atoms with Crippen LogP contribution in [0.15, 0.2) is 18.2 Å². The van der Waals surface area contributed by atoms with Gasteiger partial charge in [0.25, 0.3) is 0 Å². The summed E-state index contributed by atoms with van der Waals surface area (Å²) in [5.74, 6) is 2.64. The molecule has 2 N–H and O–H groups in total. The molecule has 1 unspecified atom stereocenters. The maximum Gasteiger partial charge on any atom is 0.201 e. The first-order valence-corrected chi connectivity index (χ1v) is 7.25. The number of nitrogen functional groups attached to an aromatic ring is 1. The van der Waals surface area contributed by atoms with E-state index in [4.69, 9.17) is 10.5 Å². The summed E-state index contributed by atoms with van der Waals surface area (Å²) in [5.41, 5.74) is 7.97. The molecular weight excluding hydrogens is 246 g/mol. The lowest BCUT2D eigenvalue weighted by molar-refractivity contribution is 0.419. The van der Waals surface area contributed by atoms with Gasteiger partial charge >= 0.3 is 0 Å². The molecule has 5 heteroatoms. The topological polar surface area (TPSA) is 53.1 Å². The van der Waals surface area contributed by atoms with E-state index in [-0.39, 0.29) is 0 Å². The van der Waals surface area contributed by atoms with Crippen LogP contribution in [0, 0.1) is 0 Å². The van der Waals surface area contributed by atoms with Gasteiger partial charge in [-0.05, 0) is 30.7 Å². The van der Waals surface area contributed by atoms with Crippen LogP contribution < -0.4 is 10.5 Å². The summed E-state index contributed by atoms with van der Waals surface area (Å²) in [7, 11) is 1.66. The third-order valence-corrected chi connectivity index (χ3v) is 4.78. The normalized spacial score (nSPS) is 19.5. The van der Waals surface area contributed by atoms with Crippen molar-refractivity contribution in [2.75, 3.05) is 18.6 Å². The van der Waals surface area contributed by atoms with Gasteiger partial charge in [0.1, 0.15) is 11.3 Å². The summed E-state index contributed by atoms with van der Waals surface area (Å²) < 4.78 is 7.44. The average molecular weight is 263 g/mol. The molecule has 0 radical (unpaired) electrons. The van der Waals surface area contributed by atoms with Crippen LogP contribution in [0.25, 0.3) is 11.0 Å². The minimum Gasteiger partial charge on any atom is -0.494 e. The Morgan fingerprint density at radius 3 is 3.17 bits per heavy atom. The highest BCUT2D eigenvalue weighted by Gasteiger charge is 2.19. The van der Waals surface area contributed by atoms with Crippen molar-refractivity contribution in [2.45, 2.75) is 24.6 Å². The van der Waals surface area contributed by atoms with E-state index in [2.05, 4.69) is 15.6 Å². The number of anilines is 1. The number of rotatable bonds is 3. The molecule has 4 nitrogen and oxygen atoms in total. The zero-order valence-electron chi connectivity index (χ0n) is 10.4. The standard InChI is InChI=1S/C13H17N3OS/c1-17-11-6-2-5-10-12(11)15-13(14)16(10)8-9-4-3-7-18-9/h2,5-6,9H,3-4,7-8H2,1H3,(H2,14,15). The molecule has 0 aliphatic carbocycles. The molecule has 1 aromatic heterocycles. The van der Waals surface area contributed by atoms with Crippen LogP contribution in [0.3, 0.4) is 0 Å². The fourth-order valence-electron chi connectivity index (χ4n) is 2.49. The van der Waals surface area contributed by atoms with Crippen molar-refractivity contribution in [3.8, 4) is 5.75 Å². The van der Waals surface area contributed by atoms with Crippen LogP contribution >= 0.6 is 11.8 Å². The smallest absolute Gasteiger partial charge is 0.201 e. The van der Waals surface area contributed by atoms with Gasteiger partial charge in [0.2, 0.25) is 5.95 Å². The van der Waals surface area contributed by atoms with E-state index in [0.717, 1.165) is 23.3 Å². The quantitative estimate of drug-likeness (QED) is 0.924. The maximum absolute atomic E-state index is 6.04. The fourth-order valence-corrected chi connectivity index (χ4v) is 3.74. The Balaban J connectivity index is 2.02. The first kappa shape index (κ1) is 11.7. The lowest BCUT2D eigenvalue weighted by Gasteiger charge is -2.11. The predicted octanol–water partition coefficient (Wildman–Crippen LogP) is 2.52. The molecule has 1 saturated heterocycles. The molecule has 96 valence electrons. The van der Waals surface area contributed by atoms with Gasteiger partial charge in [0.15, 0.2) is 0 Å². The number of benzene rings is 1. The summed E-state index contributed by atoms with van der Waals surface area (Å²) in [6, 6.07) is 5.96. The summed E-state index contributed by atoms with van der Waals surface area (Å²) in [6.07, 6.45) is 2.58. The van der Waals surface area contributed by atoms with E-state index < -0.39 is 0 Å². The number of para-hydroxylation sites is 1. The maximum atomic E-state index is 6.04. The molecule has 18 heavy (non-hydrogen) atoms. The molecule has 2 heterocycles. The Morgan fingerprint density at radius 2 is 2.44 bits per heavy atom. The van der Waals surface area contributed by atoms with Gasteiger partial charge in [-0.15, -0.1) is 0 Å². The Kier molecular flexibility index (Phi) is 3.07. The van der Waals surface area contributed by atoms with Crippen LogP contribution in [0.5, 0.6) is 5.75 Å². The van der Waals surface area contributed by atoms with E-state index in [1.807, 2.05) is 23.9 Å². The monoisotopic (exact) mass is 263 g/mol. The highest BCUT2D eigenvalue weighted by atomic mass is 32.2. The minimum atomic E-state index is 0.585. The zero-order chi connectivity index (χ0) is 12.5. The van der Waals surface area contributed by atoms with Crippen LogP contribution in [0.2, 0.25) is 0 Å². The second-order valence-corrected chi connectivity index (χ2v) is 5.95. The molecule has 0 amide bonds. The number of fused-ring (bicyclic) bond motifs is 1. The summed E-state index contributed by atoms with van der Waals surface area (Å²) in [4.78, 5) is 4.43. The first-order valence-electron chi connectivity index (χ1n) is 6.20. The van der Waals surface area contributed by atoms with Crippen LogP contribution in [0.4, 0.5) is 5.95 Å². The summed E-state index contributed by atoms with van der Waals surface area (Å²) in [6.45, 7) is 0.945. The number of aromatic nitrogens is 2. The molecule has 0 bridgehead atoms. The second-order valence-electron chi connectivity index (χ2n) is 4.54. The molecule has 1 aliphatic rings. The van der Waals surface area contributed by atoms with Gasteiger partial charge in [0.05, 0.1) is 12.6 Å². The molecular formula is C13H17N3OS. The Bertz CT molecular complexity index is 561. The van der Waals surface area contributed by atoms with Gasteiger partial charge < -0.3 is 15.0 Å². The van der Waals surface area contributed by atoms with Crippen LogP contribution in [-0.4, -0.2) is 27.7 Å². The highest BCUT2D eigenvalue weighted by molar-refractivity contribution is 8.00. The number of imidazole rings is 1. The molecule has 3 rings (SSSR count). The average Bonchev–Trinajstić information content (AvgIpc) is 2.99. The molecule has 1 aliphatic heterocycles. The number of hydrogen-bond acceptors (Lipinski definition) is 4. The van der Waals surface area contributed by atoms with Crippen molar-refractivity contribution in [3.05, 3.63) is 18.2 Å². The van der Waals surface area contributed by atoms with Crippen LogP contribution in [-0.2, 0) is 6.54 Å².